The van der Waals surface area contributed by atoms with Crippen molar-refractivity contribution in [3.8, 4) is 11.5 Å². The van der Waals surface area contributed by atoms with E-state index in [0.29, 0.717) is 6.79 Å². The number of Topliss-reactive ketones (excluding diaryl/α,β-unsaturated/α-hetero) is 1. The number of likely N-dealkylation sites (tertiary alicyclic amines) is 1. The Bertz CT molecular complexity index is 691. The Kier molecular flexibility index (Phi) is 3.75. The molecular formula is C17H18N2O4. The first kappa shape index (κ1) is 14.3. The maximum Gasteiger partial charge on any atom is 0.263 e. The minimum Gasteiger partial charge on any atom is -0.454 e. The van der Waals surface area contributed by atoms with E-state index >= 15 is 0 Å². The SMILES string of the molecule is O=C(c1ncco1)C1CCN(Cc2ccc3c(c2)OCO3)CC1. The van der Waals surface area contributed by atoms with E-state index in [1.54, 1.807) is 0 Å². The van der Waals surface area contributed by atoms with Gasteiger partial charge in [-0.15, -0.1) is 0 Å². The van der Waals surface area contributed by atoms with Crippen molar-refractivity contribution in [1.82, 2.24) is 9.88 Å². The van der Waals surface area contributed by atoms with Gasteiger partial charge in [0.15, 0.2) is 11.5 Å². The number of benzene rings is 1. The first-order valence-corrected chi connectivity index (χ1v) is 7.84. The van der Waals surface area contributed by atoms with Crippen molar-refractivity contribution >= 4 is 5.78 Å². The molecule has 2 aliphatic heterocycles. The molecule has 1 saturated heterocycles. The molecule has 2 aliphatic rings. The summed E-state index contributed by atoms with van der Waals surface area (Å²) < 4.78 is 15.9. The highest BCUT2D eigenvalue weighted by Crippen LogP contribution is 2.33. The molecule has 3 heterocycles. The molecule has 6 heteroatoms. The van der Waals surface area contributed by atoms with Crippen molar-refractivity contribution in [1.29, 1.82) is 0 Å². The number of ketones is 1. The number of hydrogen-bond acceptors (Lipinski definition) is 6. The molecule has 120 valence electrons. The summed E-state index contributed by atoms with van der Waals surface area (Å²) in [5.41, 5.74) is 1.20. The van der Waals surface area contributed by atoms with Crippen LogP contribution in [-0.2, 0) is 6.54 Å². The summed E-state index contributed by atoms with van der Waals surface area (Å²) in [6.07, 6.45) is 4.64. The molecule has 0 aliphatic carbocycles. The van der Waals surface area contributed by atoms with Crippen LogP contribution in [0.2, 0.25) is 0 Å². The van der Waals surface area contributed by atoms with Gasteiger partial charge >= 0.3 is 0 Å². The van der Waals surface area contributed by atoms with Crippen LogP contribution in [0.5, 0.6) is 11.5 Å². The number of rotatable bonds is 4. The Morgan fingerprint density at radius 3 is 2.83 bits per heavy atom. The van der Waals surface area contributed by atoms with Crippen LogP contribution in [0.3, 0.4) is 0 Å². The second-order valence-electron chi connectivity index (χ2n) is 5.94. The van der Waals surface area contributed by atoms with E-state index in [9.17, 15) is 4.79 Å². The largest absolute Gasteiger partial charge is 0.454 e. The first-order valence-electron chi connectivity index (χ1n) is 7.84. The lowest BCUT2D eigenvalue weighted by molar-refractivity contribution is 0.0799. The van der Waals surface area contributed by atoms with E-state index in [0.717, 1.165) is 44.0 Å². The van der Waals surface area contributed by atoms with Crippen LogP contribution in [0, 0.1) is 5.92 Å². The van der Waals surface area contributed by atoms with E-state index < -0.39 is 0 Å². The van der Waals surface area contributed by atoms with Crippen molar-refractivity contribution in [2.45, 2.75) is 19.4 Å². The summed E-state index contributed by atoms with van der Waals surface area (Å²) >= 11 is 0. The molecule has 0 atom stereocenters. The molecule has 0 bridgehead atoms. The zero-order valence-corrected chi connectivity index (χ0v) is 12.7. The molecule has 0 spiro atoms. The molecule has 4 rings (SSSR count). The third kappa shape index (κ3) is 2.94. The van der Waals surface area contributed by atoms with Crippen LogP contribution < -0.4 is 9.47 Å². The lowest BCUT2D eigenvalue weighted by Crippen LogP contribution is -2.36. The van der Waals surface area contributed by atoms with Crippen LogP contribution in [0.15, 0.2) is 35.1 Å². The zero-order chi connectivity index (χ0) is 15.6. The highest BCUT2D eigenvalue weighted by atomic mass is 16.7. The van der Waals surface area contributed by atoms with Crippen LogP contribution in [0.4, 0.5) is 0 Å². The lowest BCUT2D eigenvalue weighted by atomic mass is 9.92. The van der Waals surface area contributed by atoms with Gasteiger partial charge < -0.3 is 13.9 Å². The van der Waals surface area contributed by atoms with Crippen molar-refractivity contribution in [2.75, 3.05) is 19.9 Å². The molecule has 23 heavy (non-hydrogen) atoms. The minimum absolute atomic E-state index is 0.0154. The van der Waals surface area contributed by atoms with Gasteiger partial charge in [-0.2, -0.15) is 0 Å². The van der Waals surface area contributed by atoms with E-state index in [1.165, 1.54) is 18.0 Å². The maximum absolute atomic E-state index is 12.2. The zero-order valence-electron chi connectivity index (χ0n) is 12.7. The summed E-state index contributed by atoms with van der Waals surface area (Å²) in [5, 5.41) is 0. The lowest BCUT2D eigenvalue weighted by Gasteiger charge is -2.30. The molecule has 0 saturated carbocycles. The van der Waals surface area contributed by atoms with Crippen molar-refractivity contribution in [3.63, 3.8) is 0 Å². The number of hydrogen-bond donors (Lipinski definition) is 0. The van der Waals surface area contributed by atoms with Crippen LogP contribution in [-0.4, -0.2) is 35.5 Å². The average molecular weight is 314 g/mol. The van der Waals surface area contributed by atoms with Crippen LogP contribution in [0.25, 0.3) is 0 Å². The van der Waals surface area contributed by atoms with Gasteiger partial charge in [-0.1, -0.05) is 6.07 Å². The Morgan fingerprint density at radius 1 is 1.22 bits per heavy atom. The smallest absolute Gasteiger partial charge is 0.263 e. The van der Waals surface area contributed by atoms with Gasteiger partial charge in [-0.3, -0.25) is 9.69 Å². The van der Waals surface area contributed by atoms with Gasteiger partial charge in [0.1, 0.15) is 6.26 Å². The van der Waals surface area contributed by atoms with Crippen LogP contribution >= 0.6 is 0 Å². The molecule has 2 aromatic rings. The van der Waals surface area contributed by atoms with Gasteiger partial charge in [0, 0.05) is 12.5 Å². The third-order valence-corrected chi connectivity index (χ3v) is 4.44. The number of aromatic nitrogens is 1. The number of ether oxygens (including phenoxy) is 2. The first-order chi connectivity index (χ1) is 11.3. The van der Waals surface area contributed by atoms with Crippen molar-refractivity contribution in [2.24, 2.45) is 5.92 Å². The Balaban J connectivity index is 1.34. The summed E-state index contributed by atoms with van der Waals surface area (Å²) in [5.74, 6) is 1.90. The molecule has 1 aromatic carbocycles. The molecule has 6 nitrogen and oxygen atoms in total. The number of oxazole rings is 1. The summed E-state index contributed by atoms with van der Waals surface area (Å²) in [6, 6.07) is 6.06. The Hall–Kier alpha value is -2.34. The van der Waals surface area contributed by atoms with Gasteiger partial charge in [-0.25, -0.2) is 4.98 Å². The summed E-state index contributed by atoms with van der Waals surface area (Å²) in [4.78, 5) is 18.6. The Labute approximate surface area is 134 Å². The fraction of sp³-hybridized carbons (Fsp3) is 0.412. The number of carbonyl (C=O) groups is 1. The number of carbonyl (C=O) groups excluding carboxylic acids is 1. The average Bonchev–Trinajstić information content (AvgIpc) is 3.26. The number of piperidine rings is 1. The van der Waals surface area contributed by atoms with Crippen LogP contribution in [0.1, 0.15) is 29.1 Å². The quantitative estimate of drug-likeness (QED) is 0.808. The summed E-state index contributed by atoms with van der Waals surface area (Å²) in [7, 11) is 0. The molecule has 1 aromatic heterocycles. The molecule has 0 N–H and O–H groups in total. The molecule has 0 unspecified atom stereocenters. The van der Waals surface area contributed by atoms with Gasteiger partial charge in [0.05, 0.1) is 6.20 Å². The van der Waals surface area contributed by atoms with Gasteiger partial charge in [0.25, 0.3) is 5.89 Å². The number of nitrogens with zero attached hydrogens (tertiary/aromatic N) is 2. The predicted molar refractivity (Wildman–Crippen MR) is 81.4 cm³/mol. The minimum atomic E-state index is 0.0154. The normalized spacial score (nSPS) is 18.3. The second kappa shape index (κ2) is 6.04. The van der Waals surface area contributed by atoms with E-state index in [2.05, 4.69) is 16.0 Å². The monoisotopic (exact) mass is 314 g/mol. The van der Waals surface area contributed by atoms with E-state index in [4.69, 9.17) is 13.9 Å². The maximum atomic E-state index is 12.2. The van der Waals surface area contributed by atoms with Gasteiger partial charge in [-0.05, 0) is 43.6 Å². The fourth-order valence-corrected chi connectivity index (χ4v) is 3.17. The standard InChI is InChI=1S/C17H18N2O4/c20-16(17-18-5-8-21-17)13-3-6-19(7-4-13)10-12-1-2-14-15(9-12)23-11-22-14/h1-2,5,8-9,13H,3-4,6-7,10-11H2. The van der Waals surface area contributed by atoms with E-state index in [-0.39, 0.29) is 17.6 Å². The second-order valence-corrected chi connectivity index (χ2v) is 5.94. The molecule has 0 amide bonds. The summed E-state index contributed by atoms with van der Waals surface area (Å²) in [6.45, 7) is 2.95. The molecule has 1 fully saturated rings. The van der Waals surface area contributed by atoms with Crippen molar-refractivity contribution in [3.05, 3.63) is 42.1 Å². The fourth-order valence-electron chi connectivity index (χ4n) is 3.17. The van der Waals surface area contributed by atoms with E-state index in [1.807, 2.05) is 12.1 Å². The Morgan fingerprint density at radius 2 is 2.04 bits per heavy atom. The third-order valence-electron chi connectivity index (χ3n) is 4.44. The number of fused-ring (bicyclic) bond motifs is 1. The highest BCUT2D eigenvalue weighted by Gasteiger charge is 2.28. The molecular weight excluding hydrogens is 296 g/mol. The van der Waals surface area contributed by atoms with Crippen molar-refractivity contribution < 1.29 is 18.7 Å². The molecule has 0 radical (unpaired) electrons. The highest BCUT2D eigenvalue weighted by molar-refractivity contribution is 5.93. The topological polar surface area (TPSA) is 64.8 Å². The van der Waals surface area contributed by atoms with Gasteiger partial charge in [0.2, 0.25) is 12.6 Å². The predicted octanol–water partition coefficient (Wildman–Crippen LogP) is 2.50.